The van der Waals surface area contributed by atoms with E-state index in [4.69, 9.17) is 0 Å². The van der Waals surface area contributed by atoms with Gasteiger partial charge in [0.15, 0.2) is 0 Å². The van der Waals surface area contributed by atoms with Crippen molar-refractivity contribution in [2.24, 2.45) is 0 Å². The summed E-state index contributed by atoms with van der Waals surface area (Å²) in [4.78, 5) is 2.39. The summed E-state index contributed by atoms with van der Waals surface area (Å²) in [5.74, 6) is 0. The van der Waals surface area contributed by atoms with E-state index in [1.54, 1.807) is 0 Å². The van der Waals surface area contributed by atoms with Crippen LogP contribution in [-0.2, 0) is 19.3 Å². The maximum Gasteiger partial charge on any atom is 0.0405 e. The molecule has 3 nitrogen and oxygen atoms in total. The first-order chi connectivity index (χ1) is 13.5. The third kappa shape index (κ3) is 6.00. The van der Waals surface area contributed by atoms with Crippen molar-refractivity contribution in [3.05, 3.63) is 58.1 Å². The molecule has 0 radical (unpaired) electrons. The van der Waals surface area contributed by atoms with E-state index < -0.39 is 0 Å². The molecular weight excluding hydrogens is 342 g/mol. The molecule has 2 N–H and O–H groups in total. The molecule has 0 amide bonds. The number of rotatable bonds is 11. The van der Waals surface area contributed by atoms with E-state index >= 15 is 0 Å². The Labute approximate surface area is 172 Å². The van der Waals surface area contributed by atoms with Crippen molar-refractivity contribution in [2.45, 2.75) is 53.9 Å². The molecule has 0 spiro atoms. The molecule has 0 unspecified atom stereocenters. The van der Waals surface area contributed by atoms with Gasteiger partial charge < -0.3 is 15.5 Å². The van der Waals surface area contributed by atoms with Gasteiger partial charge in [-0.2, -0.15) is 0 Å². The molecule has 0 atom stereocenters. The fraction of sp³-hybridized carbons (Fsp3) is 0.520. The first-order valence-corrected chi connectivity index (χ1v) is 10.9. The van der Waals surface area contributed by atoms with Gasteiger partial charge in [0.25, 0.3) is 0 Å². The molecule has 0 saturated carbocycles. The summed E-state index contributed by atoms with van der Waals surface area (Å²) in [6.45, 7) is 15.1. The summed E-state index contributed by atoms with van der Waals surface area (Å²) in [6, 6.07) is 11.2. The normalized spacial score (nSPS) is 11.1. The van der Waals surface area contributed by atoms with Crippen LogP contribution in [-0.4, -0.2) is 38.1 Å². The Bertz CT molecular complexity index is 706. The zero-order valence-corrected chi connectivity index (χ0v) is 18.8. The van der Waals surface area contributed by atoms with Crippen LogP contribution in [0.4, 0.5) is 11.4 Å². The molecule has 3 heteroatoms. The standard InChI is InChI=1S/C25H39N3/c1-7-21-17-22(8-2)25(23(9-3)18-21)27-14-16-28(6)15-13-26-24-19(4)11-10-12-20(24)5/h10-12,17-18,26-27H,7-9,13-16H2,1-6H3. The Kier molecular flexibility index (Phi) is 8.85. The third-order valence-electron chi connectivity index (χ3n) is 5.60. The highest BCUT2D eigenvalue weighted by Gasteiger charge is 2.09. The molecule has 0 aromatic heterocycles. The van der Waals surface area contributed by atoms with Gasteiger partial charge in [-0.3, -0.25) is 0 Å². The minimum Gasteiger partial charge on any atom is -0.383 e. The van der Waals surface area contributed by atoms with Gasteiger partial charge >= 0.3 is 0 Å². The Hall–Kier alpha value is -2.00. The van der Waals surface area contributed by atoms with Crippen molar-refractivity contribution in [3.8, 4) is 0 Å². The van der Waals surface area contributed by atoms with Crippen LogP contribution in [0.2, 0.25) is 0 Å². The predicted molar refractivity (Wildman–Crippen MR) is 125 cm³/mol. The van der Waals surface area contributed by atoms with Gasteiger partial charge in [0.05, 0.1) is 0 Å². The highest BCUT2D eigenvalue weighted by molar-refractivity contribution is 5.59. The first-order valence-electron chi connectivity index (χ1n) is 10.9. The highest BCUT2D eigenvalue weighted by Crippen LogP contribution is 2.25. The Morgan fingerprint density at radius 2 is 1.25 bits per heavy atom. The van der Waals surface area contributed by atoms with Crippen LogP contribution in [0, 0.1) is 13.8 Å². The fourth-order valence-corrected chi connectivity index (χ4v) is 3.78. The van der Waals surface area contributed by atoms with Crippen molar-refractivity contribution < 1.29 is 0 Å². The fourth-order valence-electron chi connectivity index (χ4n) is 3.78. The summed E-state index contributed by atoms with van der Waals surface area (Å²) < 4.78 is 0. The minimum atomic E-state index is 0.966. The van der Waals surface area contributed by atoms with Gasteiger partial charge in [0.1, 0.15) is 0 Å². The van der Waals surface area contributed by atoms with E-state index in [1.165, 1.54) is 39.2 Å². The van der Waals surface area contributed by atoms with Gasteiger partial charge in [0.2, 0.25) is 0 Å². The molecule has 0 saturated heterocycles. The molecular formula is C25H39N3. The summed E-state index contributed by atoms with van der Waals surface area (Å²) >= 11 is 0. The maximum absolute atomic E-state index is 3.73. The average Bonchev–Trinajstić information content (AvgIpc) is 2.69. The molecule has 0 aliphatic heterocycles. The molecule has 0 aliphatic rings. The SMILES string of the molecule is CCc1cc(CC)c(NCCN(C)CCNc2c(C)cccc2C)c(CC)c1. The van der Waals surface area contributed by atoms with Crippen LogP contribution in [0.5, 0.6) is 0 Å². The van der Waals surface area contributed by atoms with Gasteiger partial charge in [0, 0.05) is 37.6 Å². The summed E-state index contributed by atoms with van der Waals surface area (Å²) in [5.41, 5.74) is 9.65. The number of nitrogens with one attached hydrogen (secondary N) is 2. The molecule has 0 heterocycles. The van der Waals surface area contributed by atoms with Gasteiger partial charge in [-0.1, -0.05) is 51.1 Å². The smallest absolute Gasteiger partial charge is 0.0405 e. The largest absolute Gasteiger partial charge is 0.383 e. The number of para-hydroxylation sites is 1. The van der Waals surface area contributed by atoms with Crippen molar-refractivity contribution in [1.82, 2.24) is 4.90 Å². The lowest BCUT2D eigenvalue weighted by Crippen LogP contribution is -2.30. The highest BCUT2D eigenvalue weighted by atomic mass is 15.1. The van der Waals surface area contributed by atoms with Gasteiger partial charge in [-0.25, -0.2) is 0 Å². The molecule has 0 aliphatic carbocycles. The molecule has 2 aromatic rings. The van der Waals surface area contributed by atoms with Crippen LogP contribution in [0.1, 0.15) is 48.6 Å². The zero-order chi connectivity index (χ0) is 20.5. The van der Waals surface area contributed by atoms with Crippen LogP contribution >= 0.6 is 0 Å². The van der Waals surface area contributed by atoms with Gasteiger partial charge in [-0.15, -0.1) is 0 Å². The van der Waals surface area contributed by atoms with Crippen molar-refractivity contribution in [1.29, 1.82) is 0 Å². The maximum atomic E-state index is 3.73. The number of likely N-dealkylation sites (N-methyl/N-ethyl adjacent to an activating group) is 1. The lowest BCUT2D eigenvalue weighted by Gasteiger charge is -2.21. The minimum absolute atomic E-state index is 0.966. The number of benzene rings is 2. The van der Waals surface area contributed by atoms with E-state index in [-0.39, 0.29) is 0 Å². The zero-order valence-electron chi connectivity index (χ0n) is 18.8. The molecule has 0 fully saturated rings. The summed E-state index contributed by atoms with van der Waals surface area (Å²) in [6.07, 6.45) is 3.27. The monoisotopic (exact) mass is 381 g/mol. The van der Waals surface area contributed by atoms with E-state index in [2.05, 4.69) is 87.5 Å². The summed E-state index contributed by atoms with van der Waals surface area (Å²) in [7, 11) is 2.20. The van der Waals surface area contributed by atoms with Crippen LogP contribution in [0.3, 0.4) is 0 Å². The van der Waals surface area contributed by atoms with E-state index in [1.807, 2.05) is 0 Å². The number of aryl methyl sites for hydroxylation is 5. The second-order valence-electron chi connectivity index (χ2n) is 7.77. The number of anilines is 2. The lowest BCUT2D eigenvalue weighted by atomic mass is 9.98. The number of hydrogen-bond acceptors (Lipinski definition) is 3. The van der Waals surface area contributed by atoms with Crippen molar-refractivity contribution in [2.75, 3.05) is 43.9 Å². The molecule has 28 heavy (non-hydrogen) atoms. The second kappa shape index (κ2) is 11.1. The molecule has 0 bridgehead atoms. The van der Waals surface area contributed by atoms with Crippen molar-refractivity contribution >= 4 is 11.4 Å². The number of nitrogens with zero attached hydrogens (tertiary/aromatic N) is 1. The van der Waals surface area contributed by atoms with Crippen LogP contribution in [0.25, 0.3) is 0 Å². The Balaban J connectivity index is 1.84. The number of hydrogen-bond donors (Lipinski definition) is 2. The van der Waals surface area contributed by atoms with Gasteiger partial charge in [-0.05, 0) is 68.0 Å². The van der Waals surface area contributed by atoms with E-state index in [9.17, 15) is 0 Å². The van der Waals surface area contributed by atoms with E-state index in [0.29, 0.717) is 0 Å². The van der Waals surface area contributed by atoms with Crippen LogP contribution in [0.15, 0.2) is 30.3 Å². The Morgan fingerprint density at radius 1 is 0.750 bits per heavy atom. The third-order valence-corrected chi connectivity index (χ3v) is 5.60. The average molecular weight is 382 g/mol. The molecule has 2 rings (SSSR count). The van der Waals surface area contributed by atoms with Crippen molar-refractivity contribution in [3.63, 3.8) is 0 Å². The second-order valence-corrected chi connectivity index (χ2v) is 7.77. The Morgan fingerprint density at radius 3 is 1.71 bits per heavy atom. The quantitative estimate of drug-likeness (QED) is 0.542. The topological polar surface area (TPSA) is 27.3 Å². The first kappa shape index (κ1) is 22.3. The predicted octanol–water partition coefficient (Wildman–Crippen LogP) is 5.45. The van der Waals surface area contributed by atoms with E-state index in [0.717, 1.165) is 45.4 Å². The lowest BCUT2D eigenvalue weighted by molar-refractivity contribution is 0.361. The van der Waals surface area contributed by atoms with Crippen LogP contribution < -0.4 is 10.6 Å². The molecule has 154 valence electrons. The molecule has 2 aromatic carbocycles. The summed E-state index contributed by atoms with van der Waals surface area (Å²) in [5, 5.41) is 7.34.